The first-order valence-electron chi connectivity index (χ1n) is 8.11. The molecule has 0 atom stereocenters. The molecule has 2 rings (SSSR count). The monoisotopic (exact) mass is 345 g/mol. The van der Waals surface area contributed by atoms with Crippen LogP contribution in [0.1, 0.15) is 44.4 Å². The average Bonchev–Trinajstić information content (AvgIpc) is 2.53. The third-order valence-electron chi connectivity index (χ3n) is 3.48. The first-order valence-corrected chi connectivity index (χ1v) is 9.10. The smallest absolute Gasteiger partial charge is 0.251 e. The van der Waals surface area contributed by atoms with E-state index in [9.17, 15) is 9.59 Å². The average molecular weight is 345 g/mol. The number of thioether (sulfide) groups is 1. The van der Waals surface area contributed by atoms with E-state index in [1.807, 2.05) is 31.2 Å². The molecule has 24 heavy (non-hydrogen) atoms. The number of para-hydroxylation sites is 1. The molecule has 0 spiro atoms. The van der Waals surface area contributed by atoms with E-state index < -0.39 is 0 Å². The summed E-state index contributed by atoms with van der Waals surface area (Å²) in [6.45, 7) is 6.22. The van der Waals surface area contributed by atoms with Crippen molar-refractivity contribution in [2.24, 2.45) is 0 Å². The maximum Gasteiger partial charge on any atom is 0.251 e. The topological polar surface area (TPSA) is 74.8 Å². The maximum absolute atomic E-state index is 12.2. The van der Waals surface area contributed by atoms with Crippen molar-refractivity contribution in [3.8, 4) is 0 Å². The molecule has 0 bridgehead atoms. The minimum atomic E-state index is -0.179. The van der Waals surface area contributed by atoms with Crippen LogP contribution in [0.3, 0.4) is 0 Å². The van der Waals surface area contributed by atoms with Crippen molar-refractivity contribution in [3.05, 3.63) is 51.9 Å². The summed E-state index contributed by atoms with van der Waals surface area (Å²) in [5.41, 5.74) is 2.52. The fourth-order valence-corrected chi connectivity index (χ4v) is 3.07. The molecule has 0 aliphatic carbocycles. The molecular formula is C18H23N3O2S. The van der Waals surface area contributed by atoms with E-state index in [0.29, 0.717) is 11.1 Å². The van der Waals surface area contributed by atoms with Gasteiger partial charge in [0.15, 0.2) is 5.16 Å². The van der Waals surface area contributed by atoms with Crippen LogP contribution < -0.4 is 10.9 Å². The van der Waals surface area contributed by atoms with E-state index >= 15 is 0 Å². The van der Waals surface area contributed by atoms with Crippen molar-refractivity contribution in [1.82, 2.24) is 9.97 Å². The normalized spacial score (nSPS) is 10.8. The van der Waals surface area contributed by atoms with Gasteiger partial charge in [0.2, 0.25) is 5.91 Å². The molecular weight excluding hydrogens is 322 g/mol. The molecule has 2 aromatic rings. The van der Waals surface area contributed by atoms with Gasteiger partial charge in [0.1, 0.15) is 0 Å². The number of anilines is 1. The number of benzene rings is 1. The second-order valence-electron chi connectivity index (χ2n) is 5.87. The van der Waals surface area contributed by atoms with Crippen LogP contribution in [0.15, 0.2) is 40.3 Å². The van der Waals surface area contributed by atoms with Gasteiger partial charge < -0.3 is 10.3 Å². The van der Waals surface area contributed by atoms with Crippen molar-refractivity contribution in [3.63, 3.8) is 0 Å². The standard InChI is InChI=1S/C18H23N3O2S/c1-4-7-13-10-16(22)21-18(19-13)24-11-17(23)20-15-9-6-5-8-14(15)12(2)3/h5-6,8-10,12H,4,7,11H2,1-3H3,(H,20,23)(H,19,21,22). The van der Waals surface area contributed by atoms with Gasteiger partial charge in [-0.05, 0) is 24.0 Å². The van der Waals surface area contributed by atoms with Gasteiger partial charge in [0.05, 0.1) is 5.75 Å². The van der Waals surface area contributed by atoms with Crippen LogP contribution in [0, 0.1) is 0 Å². The van der Waals surface area contributed by atoms with E-state index in [1.54, 1.807) is 0 Å². The van der Waals surface area contributed by atoms with Crippen LogP contribution in [-0.2, 0) is 11.2 Å². The minimum absolute atomic E-state index is 0.114. The summed E-state index contributed by atoms with van der Waals surface area (Å²) in [7, 11) is 0. The summed E-state index contributed by atoms with van der Waals surface area (Å²) in [6.07, 6.45) is 1.68. The van der Waals surface area contributed by atoms with Gasteiger partial charge in [0, 0.05) is 17.4 Å². The molecule has 0 saturated heterocycles. The van der Waals surface area contributed by atoms with Crippen molar-refractivity contribution in [2.45, 2.75) is 44.7 Å². The van der Waals surface area contributed by atoms with E-state index in [1.165, 1.54) is 17.8 Å². The van der Waals surface area contributed by atoms with Crippen molar-refractivity contribution >= 4 is 23.4 Å². The number of carbonyl (C=O) groups is 1. The molecule has 2 N–H and O–H groups in total. The van der Waals surface area contributed by atoms with Crippen LogP contribution in [0.2, 0.25) is 0 Å². The summed E-state index contributed by atoms with van der Waals surface area (Å²) >= 11 is 1.24. The van der Waals surface area contributed by atoms with Gasteiger partial charge in [-0.25, -0.2) is 4.98 Å². The van der Waals surface area contributed by atoms with E-state index in [-0.39, 0.29) is 17.2 Å². The summed E-state index contributed by atoms with van der Waals surface area (Å²) in [4.78, 5) is 30.9. The molecule has 1 aromatic heterocycles. The van der Waals surface area contributed by atoms with Crippen LogP contribution in [-0.4, -0.2) is 21.6 Å². The van der Waals surface area contributed by atoms with Gasteiger partial charge in [-0.2, -0.15) is 0 Å². The Morgan fingerprint density at radius 2 is 2.08 bits per heavy atom. The summed E-state index contributed by atoms with van der Waals surface area (Å²) in [5, 5.41) is 3.42. The lowest BCUT2D eigenvalue weighted by Gasteiger charge is -2.13. The Hall–Kier alpha value is -2.08. The van der Waals surface area contributed by atoms with Crippen molar-refractivity contribution in [2.75, 3.05) is 11.1 Å². The molecule has 0 unspecified atom stereocenters. The lowest BCUT2D eigenvalue weighted by molar-refractivity contribution is -0.113. The molecule has 0 aliphatic rings. The number of nitrogens with zero attached hydrogens (tertiary/aromatic N) is 1. The SMILES string of the molecule is CCCc1cc(=O)[nH]c(SCC(=O)Nc2ccccc2C(C)C)n1. The molecule has 0 saturated carbocycles. The Balaban J connectivity index is 2.00. The van der Waals surface area contributed by atoms with E-state index in [4.69, 9.17) is 0 Å². The zero-order valence-corrected chi connectivity index (χ0v) is 15.1. The van der Waals surface area contributed by atoms with Gasteiger partial charge >= 0.3 is 0 Å². The van der Waals surface area contributed by atoms with Crippen molar-refractivity contribution in [1.29, 1.82) is 0 Å². The van der Waals surface area contributed by atoms with E-state index in [0.717, 1.165) is 29.8 Å². The third kappa shape index (κ3) is 5.23. The Labute approximate surface area is 146 Å². The number of hydrogen-bond acceptors (Lipinski definition) is 4. The van der Waals surface area contributed by atoms with Crippen molar-refractivity contribution < 1.29 is 4.79 Å². The molecule has 1 amide bonds. The zero-order valence-electron chi connectivity index (χ0n) is 14.3. The van der Waals surface area contributed by atoms with Crippen LogP contribution in [0.4, 0.5) is 5.69 Å². The Morgan fingerprint density at radius 3 is 2.79 bits per heavy atom. The number of nitrogens with one attached hydrogen (secondary N) is 2. The van der Waals surface area contributed by atoms with Crippen LogP contribution in [0.25, 0.3) is 0 Å². The minimum Gasteiger partial charge on any atom is -0.325 e. The Morgan fingerprint density at radius 1 is 1.33 bits per heavy atom. The largest absolute Gasteiger partial charge is 0.325 e. The van der Waals surface area contributed by atoms with Crippen LogP contribution in [0.5, 0.6) is 0 Å². The highest BCUT2D eigenvalue weighted by Gasteiger charge is 2.10. The Kier molecular flexibility index (Phi) is 6.61. The quantitative estimate of drug-likeness (QED) is 0.594. The fraction of sp³-hybridized carbons (Fsp3) is 0.389. The Bertz CT molecular complexity index is 756. The fourth-order valence-electron chi connectivity index (χ4n) is 2.37. The first-order chi connectivity index (χ1) is 11.5. The maximum atomic E-state index is 12.2. The molecule has 5 nitrogen and oxygen atoms in total. The highest BCUT2D eigenvalue weighted by Crippen LogP contribution is 2.24. The highest BCUT2D eigenvalue weighted by molar-refractivity contribution is 7.99. The molecule has 0 radical (unpaired) electrons. The van der Waals surface area contributed by atoms with Gasteiger partial charge in [0.25, 0.3) is 5.56 Å². The summed E-state index contributed by atoms with van der Waals surface area (Å²) in [5.74, 6) is 0.417. The predicted molar refractivity (Wildman–Crippen MR) is 98.7 cm³/mol. The van der Waals surface area contributed by atoms with Crippen LogP contribution >= 0.6 is 11.8 Å². The molecule has 0 fully saturated rings. The number of aryl methyl sites for hydroxylation is 1. The lowest BCUT2D eigenvalue weighted by Crippen LogP contribution is -2.17. The second kappa shape index (κ2) is 8.68. The molecule has 0 aliphatic heterocycles. The number of H-pyrrole nitrogens is 1. The molecule has 1 aromatic carbocycles. The summed E-state index contributed by atoms with van der Waals surface area (Å²) < 4.78 is 0. The number of hydrogen-bond donors (Lipinski definition) is 2. The zero-order chi connectivity index (χ0) is 17.5. The number of carbonyl (C=O) groups excluding carboxylic acids is 1. The molecule has 1 heterocycles. The lowest BCUT2D eigenvalue weighted by atomic mass is 10.0. The second-order valence-corrected chi connectivity index (χ2v) is 6.83. The molecule has 128 valence electrons. The summed E-state index contributed by atoms with van der Waals surface area (Å²) in [6, 6.07) is 9.29. The number of amides is 1. The highest BCUT2D eigenvalue weighted by atomic mass is 32.2. The van der Waals surface area contributed by atoms with Gasteiger partial charge in [-0.15, -0.1) is 0 Å². The first kappa shape index (κ1) is 18.3. The predicted octanol–water partition coefficient (Wildman–Crippen LogP) is 3.58. The van der Waals surface area contributed by atoms with Gasteiger partial charge in [-0.3, -0.25) is 9.59 Å². The third-order valence-corrected chi connectivity index (χ3v) is 4.35. The number of aromatic nitrogens is 2. The van der Waals surface area contributed by atoms with Gasteiger partial charge in [-0.1, -0.05) is 57.2 Å². The molecule has 6 heteroatoms. The number of aromatic amines is 1. The number of rotatable bonds is 7. The van der Waals surface area contributed by atoms with E-state index in [2.05, 4.69) is 29.1 Å².